The molecule has 0 radical (unpaired) electrons. The molecule has 0 amide bonds. The summed E-state index contributed by atoms with van der Waals surface area (Å²) in [5, 5.41) is 14.9. The third-order valence-electron chi connectivity index (χ3n) is 1.23. The van der Waals surface area contributed by atoms with Gasteiger partial charge >= 0.3 is 24.2 Å². The predicted molar refractivity (Wildman–Crippen MR) is 36.2 cm³/mol. The van der Waals surface area contributed by atoms with E-state index < -0.39 is 37.4 Å². The molecule has 0 atom stereocenters. The Morgan fingerprint density at radius 2 is 0.684 bits per heavy atom. The molecule has 13 heteroatoms. The van der Waals surface area contributed by atoms with Crippen molar-refractivity contribution >= 4 is 0 Å². The van der Waals surface area contributed by atoms with Crippen molar-refractivity contribution in [1.82, 2.24) is 0 Å². The first-order chi connectivity index (χ1) is 7.62. The van der Waals surface area contributed by atoms with Crippen LogP contribution in [0.4, 0.5) is 43.9 Å². The van der Waals surface area contributed by atoms with E-state index in [4.69, 9.17) is 10.2 Å². The first kappa shape index (κ1) is 23.9. The number of hydrogen-bond donors (Lipinski definition) is 2. The molecule has 0 fully saturated rings. The van der Waals surface area contributed by atoms with E-state index in [-0.39, 0.29) is 19.5 Å². The second kappa shape index (κ2) is 7.58. The monoisotopic (exact) mass is 364 g/mol. The normalized spacial score (nSPS) is 13.3. The zero-order chi connectivity index (χ0) is 15.4. The van der Waals surface area contributed by atoms with Gasteiger partial charge in [-0.15, -0.1) is 0 Å². The van der Waals surface area contributed by atoms with Crippen molar-refractivity contribution < 1.29 is 73.6 Å². The predicted octanol–water partition coefficient (Wildman–Crippen LogP) is 2.35. The SMILES string of the molecule is OCC(F)(F)C(F)(F)F.OCC(F)(F)C(F)(F)F.[Zn]. The van der Waals surface area contributed by atoms with Crippen LogP contribution in [0.1, 0.15) is 0 Å². The molecule has 0 aromatic heterocycles. The molecule has 2 N–H and O–H groups in total. The van der Waals surface area contributed by atoms with Crippen LogP contribution in [0, 0.1) is 0 Å². The number of rotatable bonds is 2. The molecule has 0 aromatic carbocycles. The van der Waals surface area contributed by atoms with Crippen LogP contribution < -0.4 is 0 Å². The van der Waals surface area contributed by atoms with Gasteiger partial charge in [0, 0.05) is 19.5 Å². The fourth-order valence-corrected chi connectivity index (χ4v) is 0.179. The van der Waals surface area contributed by atoms with Gasteiger partial charge in [-0.1, -0.05) is 0 Å². The van der Waals surface area contributed by atoms with E-state index in [1.807, 2.05) is 0 Å². The van der Waals surface area contributed by atoms with Crippen molar-refractivity contribution in [2.75, 3.05) is 13.2 Å². The summed E-state index contributed by atoms with van der Waals surface area (Å²) >= 11 is 0. The third kappa shape index (κ3) is 7.88. The average molecular weight is 365 g/mol. The van der Waals surface area contributed by atoms with Crippen molar-refractivity contribution in [3.63, 3.8) is 0 Å². The van der Waals surface area contributed by atoms with Crippen LogP contribution in [-0.4, -0.2) is 47.6 Å². The maximum atomic E-state index is 11.3. The molecule has 0 heterocycles. The number of hydrogen-bond acceptors (Lipinski definition) is 2. The summed E-state index contributed by atoms with van der Waals surface area (Å²) in [6.07, 6.45) is -11.3. The van der Waals surface area contributed by atoms with E-state index in [1.165, 1.54) is 0 Å². The van der Waals surface area contributed by atoms with Crippen LogP contribution in [0.2, 0.25) is 0 Å². The summed E-state index contributed by atoms with van der Waals surface area (Å²) in [6.45, 7) is -4.40. The van der Waals surface area contributed by atoms with Gasteiger partial charge < -0.3 is 10.2 Å². The molecule has 0 aliphatic rings. The summed E-state index contributed by atoms with van der Waals surface area (Å²) in [6, 6.07) is 0. The quantitative estimate of drug-likeness (QED) is 0.583. The second-order valence-electron chi connectivity index (χ2n) is 2.72. The van der Waals surface area contributed by atoms with E-state index in [1.54, 1.807) is 0 Å². The molecule has 2 nitrogen and oxygen atoms in total. The number of halogens is 10. The average Bonchev–Trinajstić information content (AvgIpc) is 2.15. The van der Waals surface area contributed by atoms with Gasteiger partial charge in [0.05, 0.1) is 0 Å². The zero-order valence-electron chi connectivity index (χ0n) is 8.80. The fraction of sp³-hybridized carbons (Fsp3) is 1.00. The summed E-state index contributed by atoms with van der Waals surface area (Å²) in [4.78, 5) is 0. The largest absolute Gasteiger partial charge is 0.455 e. The minimum atomic E-state index is -5.64. The first-order valence-corrected chi connectivity index (χ1v) is 3.73. The molecule has 0 saturated heterocycles. The molecule has 19 heavy (non-hydrogen) atoms. The van der Waals surface area contributed by atoms with Crippen LogP contribution in [0.3, 0.4) is 0 Å². The Morgan fingerprint density at radius 1 is 0.526 bits per heavy atom. The molecule has 0 unspecified atom stereocenters. The third-order valence-corrected chi connectivity index (χ3v) is 1.23. The molecule has 114 valence electrons. The van der Waals surface area contributed by atoms with Crippen molar-refractivity contribution in [2.24, 2.45) is 0 Å². The Labute approximate surface area is 112 Å². The van der Waals surface area contributed by atoms with Gasteiger partial charge in [0.25, 0.3) is 0 Å². The van der Waals surface area contributed by atoms with E-state index >= 15 is 0 Å². The van der Waals surface area contributed by atoms with Gasteiger partial charge in [0.2, 0.25) is 0 Å². The van der Waals surface area contributed by atoms with Crippen LogP contribution in [-0.2, 0) is 19.5 Å². The molecule has 0 aliphatic heterocycles. The van der Waals surface area contributed by atoms with Gasteiger partial charge in [-0.2, -0.15) is 43.9 Å². The van der Waals surface area contributed by atoms with Gasteiger partial charge in [0.15, 0.2) is 0 Å². The van der Waals surface area contributed by atoms with E-state index in [0.717, 1.165) is 0 Å². The van der Waals surface area contributed by atoms with Crippen LogP contribution >= 0.6 is 0 Å². The van der Waals surface area contributed by atoms with Crippen LogP contribution in [0.25, 0.3) is 0 Å². The fourth-order valence-electron chi connectivity index (χ4n) is 0.179. The minimum absolute atomic E-state index is 0. The maximum absolute atomic E-state index is 11.3. The van der Waals surface area contributed by atoms with Gasteiger partial charge in [-0.3, -0.25) is 0 Å². The topological polar surface area (TPSA) is 40.5 Å². The van der Waals surface area contributed by atoms with Crippen molar-refractivity contribution in [1.29, 1.82) is 0 Å². The number of aliphatic hydroxyl groups excluding tert-OH is 2. The molecule has 0 aromatic rings. The number of aliphatic hydroxyl groups is 2. The molecule has 0 saturated carbocycles. The summed E-state index contributed by atoms with van der Waals surface area (Å²) in [5.74, 6) is -9.93. The molecule has 0 spiro atoms. The molecule has 0 aliphatic carbocycles. The maximum Gasteiger partial charge on any atom is 0.455 e. The van der Waals surface area contributed by atoms with Gasteiger partial charge in [-0.05, 0) is 0 Å². The summed E-state index contributed by atoms with van der Waals surface area (Å²) < 4.78 is 111. The Kier molecular flexibility index (Phi) is 9.53. The minimum Gasteiger partial charge on any atom is -0.390 e. The second-order valence-corrected chi connectivity index (χ2v) is 2.72. The van der Waals surface area contributed by atoms with Crippen molar-refractivity contribution in [3.8, 4) is 0 Å². The zero-order valence-corrected chi connectivity index (χ0v) is 11.8. The summed E-state index contributed by atoms with van der Waals surface area (Å²) in [5.41, 5.74) is 0. The summed E-state index contributed by atoms with van der Waals surface area (Å²) in [7, 11) is 0. The molecular weight excluding hydrogens is 359 g/mol. The number of alkyl halides is 10. The van der Waals surface area contributed by atoms with E-state index in [0.29, 0.717) is 0 Å². The Bertz CT molecular complexity index is 221. The van der Waals surface area contributed by atoms with Crippen molar-refractivity contribution in [2.45, 2.75) is 24.2 Å². The molecule has 0 bridgehead atoms. The molecular formula is C6H6F10O2Zn. The van der Waals surface area contributed by atoms with Gasteiger partial charge in [-0.25, -0.2) is 0 Å². The Balaban J connectivity index is -0.000000256. The van der Waals surface area contributed by atoms with Crippen molar-refractivity contribution in [3.05, 3.63) is 0 Å². The smallest absolute Gasteiger partial charge is 0.390 e. The van der Waals surface area contributed by atoms with Gasteiger partial charge in [0.1, 0.15) is 13.2 Å². The van der Waals surface area contributed by atoms with E-state index in [2.05, 4.69) is 0 Å². The van der Waals surface area contributed by atoms with E-state index in [9.17, 15) is 43.9 Å². The Morgan fingerprint density at radius 3 is 0.684 bits per heavy atom. The Hall–Kier alpha value is -0.157. The van der Waals surface area contributed by atoms with Crippen LogP contribution in [0.15, 0.2) is 0 Å². The first-order valence-electron chi connectivity index (χ1n) is 3.73. The molecule has 0 rings (SSSR count). The standard InChI is InChI=1S/2C3H3F5O.Zn/c2*4-2(5,1-9)3(6,7)8;/h2*9H,1H2;. The van der Waals surface area contributed by atoms with Crippen LogP contribution in [0.5, 0.6) is 0 Å².